The second-order valence-electron chi connectivity index (χ2n) is 5.81. The average Bonchev–Trinajstić information content (AvgIpc) is 3.24. The van der Waals surface area contributed by atoms with Crippen LogP contribution in [0.15, 0.2) is 42.9 Å². The minimum Gasteiger partial charge on any atom is -0.391 e. The Morgan fingerprint density at radius 2 is 2.05 bits per heavy atom. The van der Waals surface area contributed by atoms with Gasteiger partial charge in [0.1, 0.15) is 5.69 Å². The Labute approximate surface area is 130 Å². The van der Waals surface area contributed by atoms with Crippen LogP contribution in [0.4, 0.5) is 0 Å². The predicted octanol–water partition coefficient (Wildman–Crippen LogP) is 2.15. The van der Waals surface area contributed by atoms with Crippen LogP contribution in [0.1, 0.15) is 36.2 Å². The molecule has 0 spiro atoms. The lowest BCUT2D eigenvalue weighted by Gasteiger charge is -2.18. The van der Waals surface area contributed by atoms with Crippen LogP contribution in [0.2, 0.25) is 0 Å². The zero-order chi connectivity index (χ0) is 15.4. The van der Waals surface area contributed by atoms with Gasteiger partial charge in [-0.05, 0) is 30.9 Å². The molecule has 1 aromatic heterocycles. The van der Waals surface area contributed by atoms with Gasteiger partial charge in [-0.3, -0.25) is 9.36 Å². The molecule has 0 radical (unpaired) electrons. The molecule has 22 heavy (non-hydrogen) atoms. The van der Waals surface area contributed by atoms with E-state index in [0.29, 0.717) is 18.2 Å². The van der Waals surface area contributed by atoms with Gasteiger partial charge in [0.25, 0.3) is 5.91 Å². The fourth-order valence-electron chi connectivity index (χ4n) is 3.05. The molecule has 2 aromatic rings. The van der Waals surface area contributed by atoms with Crippen molar-refractivity contribution < 1.29 is 9.90 Å². The SMILES string of the molecule is O=C(NCC(O)C1CCCC1)c1cncn1-c1ccccc1. The molecule has 1 atom stereocenters. The summed E-state index contributed by atoms with van der Waals surface area (Å²) in [5, 5.41) is 13.0. The number of benzene rings is 1. The van der Waals surface area contributed by atoms with E-state index in [-0.39, 0.29) is 5.91 Å². The van der Waals surface area contributed by atoms with Crippen LogP contribution in [0.3, 0.4) is 0 Å². The number of hydrogen-bond donors (Lipinski definition) is 2. The van der Waals surface area contributed by atoms with Crippen LogP contribution in [0, 0.1) is 5.92 Å². The number of aromatic nitrogens is 2. The third-order valence-electron chi connectivity index (χ3n) is 4.32. The predicted molar refractivity (Wildman–Crippen MR) is 83.9 cm³/mol. The van der Waals surface area contributed by atoms with Gasteiger partial charge in [-0.25, -0.2) is 4.98 Å². The lowest BCUT2D eigenvalue weighted by molar-refractivity contribution is 0.0835. The summed E-state index contributed by atoms with van der Waals surface area (Å²) in [5.74, 6) is 0.109. The summed E-state index contributed by atoms with van der Waals surface area (Å²) in [6.07, 6.45) is 7.17. The highest BCUT2D eigenvalue weighted by molar-refractivity contribution is 5.93. The summed E-state index contributed by atoms with van der Waals surface area (Å²) in [5.41, 5.74) is 1.37. The summed E-state index contributed by atoms with van der Waals surface area (Å²) in [4.78, 5) is 16.4. The minimum atomic E-state index is -0.459. The minimum absolute atomic E-state index is 0.210. The second-order valence-corrected chi connectivity index (χ2v) is 5.81. The molecule has 0 saturated heterocycles. The maximum absolute atomic E-state index is 12.3. The molecule has 1 fully saturated rings. The van der Waals surface area contributed by atoms with Crippen LogP contribution in [-0.4, -0.2) is 33.2 Å². The molecule has 1 aliphatic carbocycles. The standard InChI is InChI=1S/C17H21N3O2/c21-16(13-6-4-5-7-13)11-19-17(22)15-10-18-12-20(15)14-8-2-1-3-9-14/h1-3,8-10,12-13,16,21H,4-7,11H2,(H,19,22). The number of aliphatic hydroxyl groups excluding tert-OH is 1. The highest BCUT2D eigenvalue weighted by atomic mass is 16.3. The van der Waals surface area contributed by atoms with Crippen molar-refractivity contribution in [3.63, 3.8) is 0 Å². The molecule has 1 aliphatic rings. The number of nitrogens with zero attached hydrogens (tertiary/aromatic N) is 2. The Balaban J connectivity index is 1.64. The number of carbonyl (C=O) groups excluding carboxylic acids is 1. The molecule has 5 heteroatoms. The fourth-order valence-corrected chi connectivity index (χ4v) is 3.05. The molecule has 1 unspecified atom stereocenters. The fraction of sp³-hybridized carbons (Fsp3) is 0.412. The third-order valence-corrected chi connectivity index (χ3v) is 4.32. The highest BCUT2D eigenvalue weighted by Crippen LogP contribution is 2.27. The van der Waals surface area contributed by atoms with E-state index in [1.54, 1.807) is 17.1 Å². The smallest absolute Gasteiger partial charge is 0.270 e. The van der Waals surface area contributed by atoms with E-state index in [1.165, 1.54) is 12.8 Å². The Morgan fingerprint density at radius 3 is 2.77 bits per heavy atom. The number of carbonyl (C=O) groups is 1. The summed E-state index contributed by atoms with van der Waals surface area (Å²) in [6.45, 7) is 0.295. The van der Waals surface area contributed by atoms with Crippen molar-refractivity contribution in [1.29, 1.82) is 0 Å². The molecule has 116 valence electrons. The van der Waals surface area contributed by atoms with Gasteiger partial charge >= 0.3 is 0 Å². The van der Waals surface area contributed by atoms with E-state index in [0.717, 1.165) is 18.5 Å². The largest absolute Gasteiger partial charge is 0.391 e. The maximum Gasteiger partial charge on any atom is 0.270 e. The van der Waals surface area contributed by atoms with E-state index in [1.807, 2.05) is 30.3 Å². The summed E-state index contributed by atoms with van der Waals surface area (Å²) in [6, 6.07) is 9.61. The van der Waals surface area contributed by atoms with Crippen LogP contribution in [-0.2, 0) is 0 Å². The molecular weight excluding hydrogens is 278 g/mol. The first-order valence-corrected chi connectivity index (χ1v) is 7.80. The van der Waals surface area contributed by atoms with Crippen molar-refractivity contribution in [2.24, 2.45) is 5.92 Å². The zero-order valence-electron chi connectivity index (χ0n) is 12.5. The maximum atomic E-state index is 12.3. The molecule has 1 aromatic carbocycles. The van der Waals surface area contributed by atoms with Crippen LogP contribution in [0.25, 0.3) is 5.69 Å². The molecule has 1 amide bonds. The Hall–Kier alpha value is -2.14. The van der Waals surface area contributed by atoms with Crippen molar-refractivity contribution >= 4 is 5.91 Å². The van der Waals surface area contributed by atoms with Crippen molar-refractivity contribution in [1.82, 2.24) is 14.9 Å². The van der Waals surface area contributed by atoms with Gasteiger partial charge in [-0.15, -0.1) is 0 Å². The van der Waals surface area contributed by atoms with Crippen LogP contribution >= 0.6 is 0 Å². The van der Waals surface area contributed by atoms with E-state index in [2.05, 4.69) is 10.3 Å². The number of imidazole rings is 1. The summed E-state index contributed by atoms with van der Waals surface area (Å²) in [7, 11) is 0. The first-order valence-electron chi connectivity index (χ1n) is 7.80. The highest BCUT2D eigenvalue weighted by Gasteiger charge is 2.24. The molecule has 1 saturated carbocycles. The Kier molecular flexibility index (Phi) is 4.53. The summed E-state index contributed by atoms with van der Waals surface area (Å²) < 4.78 is 1.75. The molecule has 1 heterocycles. The molecule has 0 aliphatic heterocycles. The van der Waals surface area contributed by atoms with Gasteiger partial charge in [0, 0.05) is 12.2 Å². The topological polar surface area (TPSA) is 67.2 Å². The number of aliphatic hydroxyl groups is 1. The first kappa shape index (κ1) is 14.8. The van der Waals surface area contributed by atoms with E-state index in [9.17, 15) is 9.90 Å². The molecular formula is C17H21N3O2. The van der Waals surface area contributed by atoms with Gasteiger partial charge in [-0.2, -0.15) is 0 Å². The van der Waals surface area contributed by atoms with Crippen molar-refractivity contribution in [2.75, 3.05) is 6.54 Å². The number of para-hydroxylation sites is 1. The summed E-state index contributed by atoms with van der Waals surface area (Å²) >= 11 is 0. The third kappa shape index (κ3) is 3.20. The quantitative estimate of drug-likeness (QED) is 0.889. The van der Waals surface area contributed by atoms with Crippen molar-refractivity contribution in [3.8, 4) is 5.69 Å². The van der Waals surface area contributed by atoms with E-state index < -0.39 is 6.10 Å². The Bertz CT molecular complexity index is 618. The normalized spacial score (nSPS) is 16.6. The molecule has 3 rings (SSSR count). The van der Waals surface area contributed by atoms with Crippen molar-refractivity contribution in [2.45, 2.75) is 31.8 Å². The van der Waals surface area contributed by atoms with Crippen LogP contribution in [0.5, 0.6) is 0 Å². The van der Waals surface area contributed by atoms with Crippen LogP contribution < -0.4 is 5.32 Å². The average molecular weight is 299 g/mol. The molecule has 0 bridgehead atoms. The van der Waals surface area contributed by atoms with Crippen molar-refractivity contribution in [3.05, 3.63) is 48.5 Å². The van der Waals surface area contributed by atoms with Gasteiger partial charge < -0.3 is 10.4 Å². The Morgan fingerprint density at radius 1 is 1.32 bits per heavy atom. The van der Waals surface area contributed by atoms with Gasteiger partial charge in [-0.1, -0.05) is 31.0 Å². The number of hydrogen-bond acceptors (Lipinski definition) is 3. The number of rotatable bonds is 5. The monoisotopic (exact) mass is 299 g/mol. The van der Waals surface area contributed by atoms with Gasteiger partial charge in [0.15, 0.2) is 0 Å². The van der Waals surface area contributed by atoms with E-state index in [4.69, 9.17) is 0 Å². The number of amides is 1. The van der Waals surface area contributed by atoms with Gasteiger partial charge in [0.05, 0.1) is 18.6 Å². The lowest BCUT2D eigenvalue weighted by Crippen LogP contribution is -2.36. The first-order chi connectivity index (χ1) is 10.8. The number of nitrogens with one attached hydrogen (secondary N) is 1. The molecule has 2 N–H and O–H groups in total. The van der Waals surface area contributed by atoms with Gasteiger partial charge in [0.2, 0.25) is 0 Å². The lowest BCUT2D eigenvalue weighted by atomic mass is 10.0. The zero-order valence-corrected chi connectivity index (χ0v) is 12.5. The molecule has 5 nitrogen and oxygen atoms in total. The second kappa shape index (κ2) is 6.75. The van der Waals surface area contributed by atoms with E-state index >= 15 is 0 Å².